The van der Waals surface area contributed by atoms with Crippen LogP contribution in [0.3, 0.4) is 0 Å². The summed E-state index contributed by atoms with van der Waals surface area (Å²) in [6, 6.07) is 5.21. The minimum Gasteiger partial charge on any atom is -0.372 e. The fraction of sp³-hybridized carbons (Fsp3) is 0.467. The predicted octanol–water partition coefficient (Wildman–Crippen LogP) is 0.853. The number of carbonyl (C=O) groups excluding carboxylic acids is 2. The summed E-state index contributed by atoms with van der Waals surface area (Å²) in [6.45, 7) is 6.22. The zero-order chi connectivity index (χ0) is 15.1. The third kappa shape index (κ3) is 5.01. The van der Waals surface area contributed by atoms with Gasteiger partial charge in [-0.2, -0.15) is 0 Å². The Morgan fingerprint density at radius 3 is 2.55 bits per heavy atom. The van der Waals surface area contributed by atoms with E-state index in [0.29, 0.717) is 13.0 Å². The van der Waals surface area contributed by atoms with Crippen LogP contribution in [0.2, 0.25) is 0 Å². The van der Waals surface area contributed by atoms with Gasteiger partial charge < -0.3 is 15.8 Å². The van der Waals surface area contributed by atoms with E-state index in [9.17, 15) is 9.59 Å². The molecule has 1 aromatic carbocycles. The summed E-state index contributed by atoms with van der Waals surface area (Å²) in [5.74, 6) is -0.882. The molecule has 1 atom stereocenters. The van der Waals surface area contributed by atoms with E-state index < -0.39 is 11.9 Å². The van der Waals surface area contributed by atoms with Crippen LogP contribution in [0.4, 0.5) is 0 Å². The van der Waals surface area contributed by atoms with Crippen molar-refractivity contribution < 1.29 is 14.3 Å². The van der Waals surface area contributed by atoms with Crippen molar-refractivity contribution in [2.75, 3.05) is 13.2 Å². The molecule has 5 nitrogen and oxygen atoms in total. The molecule has 3 N–H and O–H groups in total. The zero-order valence-corrected chi connectivity index (χ0v) is 12.2. The number of carbonyl (C=O) groups is 2. The van der Waals surface area contributed by atoms with E-state index in [2.05, 4.69) is 5.32 Å². The van der Waals surface area contributed by atoms with Crippen molar-refractivity contribution in [1.29, 1.82) is 0 Å². The molecule has 0 heterocycles. The van der Waals surface area contributed by atoms with Crippen LogP contribution in [0.15, 0.2) is 18.2 Å². The van der Waals surface area contributed by atoms with E-state index in [-0.39, 0.29) is 12.5 Å². The van der Waals surface area contributed by atoms with Gasteiger partial charge in [-0.1, -0.05) is 18.2 Å². The van der Waals surface area contributed by atoms with E-state index in [1.54, 1.807) is 6.92 Å². The van der Waals surface area contributed by atoms with E-state index in [1.807, 2.05) is 32.0 Å². The molecular formula is C15H22N2O3. The second kappa shape index (κ2) is 7.65. The lowest BCUT2D eigenvalue weighted by Crippen LogP contribution is -2.47. The molecule has 0 bridgehead atoms. The lowest BCUT2D eigenvalue weighted by atomic mass is 10.0. The van der Waals surface area contributed by atoms with Crippen LogP contribution in [0.5, 0.6) is 0 Å². The quantitative estimate of drug-likeness (QED) is 0.776. The Bertz CT molecular complexity index is 486. The van der Waals surface area contributed by atoms with Crippen molar-refractivity contribution in [2.45, 2.75) is 33.2 Å². The molecule has 110 valence electrons. The van der Waals surface area contributed by atoms with Gasteiger partial charge in [0.15, 0.2) is 0 Å². The molecule has 20 heavy (non-hydrogen) atoms. The number of ether oxygens (including phenoxy) is 1. The molecule has 2 amide bonds. The molecule has 0 unspecified atom stereocenters. The average Bonchev–Trinajstić information content (AvgIpc) is 2.39. The van der Waals surface area contributed by atoms with Crippen molar-refractivity contribution in [3.05, 3.63) is 34.9 Å². The number of hydrogen-bond acceptors (Lipinski definition) is 3. The van der Waals surface area contributed by atoms with Gasteiger partial charge in [0.1, 0.15) is 12.6 Å². The first kappa shape index (κ1) is 16.2. The van der Waals surface area contributed by atoms with Crippen LogP contribution in [0.25, 0.3) is 0 Å². The number of primary amides is 1. The number of rotatable bonds is 7. The van der Waals surface area contributed by atoms with E-state index >= 15 is 0 Å². The summed E-state index contributed by atoms with van der Waals surface area (Å²) < 4.78 is 5.00. The van der Waals surface area contributed by atoms with Crippen LogP contribution in [0.1, 0.15) is 23.6 Å². The van der Waals surface area contributed by atoms with Crippen molar-refractivity contribution in [3.63, 3.8) is 0 Å². The van der Waals surface area contributed by atoms with Gasteiger partial charge in [0.2, 0.25) is 11.8 Å². The average molecular weight is 278 g/mol. The monoisotopic (exact) mass is 278 g/mol. The largest absolute Gasteiger partial charge is 0.372 e. The van der Waals surface area contributed by atoms with Crippen molar-refractivity contribution in [2.24, 2.45) is 5.73 Å². The summed E-state index contributed by atoms with van der Waals surface area (Å²) in [4.78, 5) is 23.0. The maximum absolute atomic E-state index is 11.6. The molecule has 0 radical (unpaired) electrons. The topological polar surface area (TPSA) is 81.4 Å². The van der Waals surface area contributed by atoms with Crippen LogP contribution < -0.4 is 11.1 Å². The zero-order valence-electron chi connectivity index (χ0n) is 12.2. The Balaban J connectivity index is 2.69. The first-order chi connectivity index (χ1) is 9.43. The standard InChI is InChI=1S/C15H22N2O3/c1-4-20-9-14(18)17-13(15(16)19)8-12-6-5-10(2)11(3)7-12/h5-7,13H,4,8-9H2,1-3H3,(H2,16,19)(H,17,18)/t13-/m0/s1. The van der Waals surface area contributed by atoms with Gasteiger partial charge in [-0.3, -0.25) is 9.59 Å². The van der Waals surface area contributed by atoms with Crippen molar-refractivity contribution in [1.82, 2.24) is 5.32 Å². The van der Waals surface area contributed by atoms with Gasteiger partial charge in [-0.05, 0) is 37.5 Å². The number of amides is 2. The van der Waals surface area contributed by atoms with Gasteiger partial charge in [0, 0.05) is 13.0 Å². The number of aryl methyl sites for hydroxylation is 2. The molecule has 1 aromatic rings. The third-order valence-electron chi connectivity index (χ3n) is 3.13. The Hall–Kier alpha value is -1.88. The molecule has 0 fully saturated rings. The minimum absolute atomic E-state index is 0.0623. The van der Waals surface area contributed by atoms with Gasteiger partial charge in [-0.15, -0.1) is 0 Å². The summed E-state index contributed by atoms with van der Waals surface area (Å²) in [7, 11) is 0. The highest BCUT2D eigenvalue weighted by molar-refractivity contribution is 5.87. The van der Waals surface area contributed by atoms with Gasteiger partial charge in [0.25, 0.3) is 0 Å². The molecule has 0 aromatic heterocycles. The van der Waals surface area contributed by atoms with E-state index in [1.165, 1.54) is 5.56 Å². The van der Waals surface area contributed by atoms with Gasteiger partial charge in [0.05, 0.1) is 0 Å². The number of nitrogens with one attached hydrogen (secondary N) is 1. The summed E-state index contributed by atoms with van der Waals surface area (Å²) in [6.07, 6.45) is 0.383. The fourth-order valence-electron chi connectivity index (χ4n) is 1.82. The van der Waals surface area contributed by atoms with Crippen LogP contribution in [-0.4, -0.2) is 31.1 Å². The molecule has 1 rings (SSSR count). The first-order valence-electron chi connectivity index (χ1n) is 6.66. The Kier molecular flexibility index (Phi) is 6.18. The summed E-state index contributed by atoms with van der Waals surface area (Å²) >= 11 is 0. The van der Waals surface area contributed by atoms with Crippen LogP contribution in [0, 0.1) is 13.8 Å². The molecule has 0 spiro atoms. The van der Waals surface area contributed by atoms with E-state index in [0.717, 1.165) is 11.1 Å². The molecule has 0 saturated carbocycles. The summed E-state index contributed by atoms with van der Waals surface area (Å²) in [5.41, 5.74) is 8.63. The van der Waals surface area contributed by atoms with Crippen molar-refractivity contribution in [3.8, 4) is 0 Å². The highest BCUT2D eigenvalue weighted by Crippen LogP contribution is 2.11. The molecule has 0 aliphatic rings. The molecule has 0 aliphatic carbocycles. The Morgan fingerprint density at radius 2 is 2.00 bits per heavy atom. The predicted molar refractivity (Wildman–Crippen MR) is 77.2 cm³/mol. The third-order valence-corrected chi connectivity index (χ3v) is 3.13. The second-order valence-corrected chi connectivity index (χ2v) is 4.78. The molecule has 0 aliphatic heterocycles. The van der Waals surface area contributed by atoms with Crippen LogP contribution >= 0.6 is 0 Å². The first-order valence-corrected chi connectivity index (χ1v) is 6.66. The highest BCUT2D eigenvalue weighted by atomic mass is 16.5. The maximum atomic E-state index is 11.6. The number of benzene rings is 1. The maximum Gasteiger partial charge on any atom is 0.246 e. The fourth-order valence-corrected chi connectivity index (χ4v) is 1.82. The van der Waals surface area contributed by atoms with Crippen LogP contribution in [-0.2, 0) is 20.7 Å². The Morgan fingerprint density at radius 1 is 1.30 bits per heavy atom. The molecule has 5 heteroatoms. The SMILES string of the molecule is CCOCC(=O)N[C@@H](Cc1ccc(C)c(C)c1)C(N)=O. The summed E-state index contributed by atoms with van der Waals surface area (Å²) in [5, 5.41) is 2.60. The van der Waals surface area contributed by atoms with Gasteiger partial charge >= 0.3 is 0 Å². The number of hydrogen-bond donors (Lipinski definition) is 2. The Labute approximate surface area is 119 Å². The molecule has 0 saturated heterocycles. The smallest absolute Gasteiger partial charge is 0.246 e. The lowest BCUT2D eigenvalue weighted by molar-refractivity contribution is -0.130. The van der Waals surface area contributed by atoms with Crippen molar-refractivity contribution >= 4 is 11.8 Å². The normalized spacial score (nSPS) is 11.9. The number of nitrogens with two attached hydrogens (primary N) is 1. The highest BCUT2D eigenvalue weighted by Gasteiger charge is 2.18. The van der Waals surface area contributed by atoms with Gasteiger partial charge in [-0.25, -0.2) is 0 Å². The lowest BCUT2D eigenvalue weighted by Gasteiger charge is -2.16. The molecular weight excluding hydrogens is 256 g/mol. The minimum atomic E-state index is -0.718. The van der Waals surface area contributed by atoms with E-state index in [4.69, 9.17) is 10.5 Å². The second-order valence-electron chi connectivity index (χ2n) is 4.78.